The molecule has 0 bridgehead atoms. The smallest absolute Gasteiger partial charge is 0.225 e. The van der Waals surface area contributed by atoms with Crippen molar-refractivity contribution >= 4 is 5.91 Å². The van der Waals surface area contributed by atoms with Crippen LogP contribution in [0.1, 0.15) is 46.5 Å². The van der Waals surface area contributed by atoms with Crippen molar-refractivity contribution in [3.63, 3.8) is 0 Å². The van der Waals surface area contributed by atoms with Crippen molar-refractivity contribution in [2.75, 3.05) is 13.2 Å². The Morgan fingerprint density at radius 1 is 1.41 bits per heavy atom. The van der Waals surface area contributed by atoms with Crippen LogP contribution in [0.25, 0.3) is 0 Å². The maximum absolute atomic E-state index is 12.4. The molecule has 1 saturated carbocycles. The molecule has 1 aliphatic heterocycles. The SMILES string of the molecule is CC(C)C(C)C(=O)N1CC[C@@]2(CO)CCC[C@@H]12. The van der Waals surface area contributed by atoms with Crippen LogP contribution >= 0.6 is 0 Å². The van der Waals surface area contributed by atoms with Gasteiger partial charge in [0.25, 0.3) is 0 Å². The summed E-state index contributed by atoms with van der Waals surface area (Å²) in [7, 11) is 0. The third kappa shape index (κ3) is 1.99. The van der Waals surface area contributed by atoms with Crippen LogP contribution in [-0.4, -0.2) is 35.1 Å². The maximum atomic E-state index is 12.4. The lowest BCUT2D eigenvalue weighted by atomic mass is 9.83. The Kier molecular flexibility index (Phi) is 3.48. The van der Waals surface area contributed by atoms with Gasteiger partial charge in [-0.2, -0.15) is 0 Å². The fourth-order valence-electron chi connectivity index (χ4n) is 3.47. The number of carbonyl (C=O) groups excluding carboxylic acids is 1. The Hall–Kier alpha value is -0.570. The van der Waals surface area contributed by atoms with Crippen LogP contribution in [0.3, 0.4) is 0 Å². The molecule has 1 aliphatic carbocycles. The highest BCUT2D eigenvalue weighted by atomic mass is 16.3. The lowest BCUT2D eigenvalue weighted by Crippen LogP contribution is -2.44. The molecule has 1 amide bonds. The molecule has 1 heterocycles. The van der Waals surface area contributed by atoms with Crippen molar-refractivity contribution < 1.29 is 9.90 Å². The van der Waals surface area contributed by atoms with Gasteiger partial charge in [0.15, 0.2) is 0 Å². The maximum Gasteiger partial charge on any atom is 0.225 e. The van der Waals surface area contributed by atoms with Gasteiger partial charge in [-0.3, -0.25) is 4.79 Å². The normalized spacial score (nSPS) is 34.2. The third-order valence-electron chi connectivity index (χ3n) is 5.07. The van der Waals surface area contributed by atoms with Crippen LogP contribution in [0.5, 0.6) is 0 Å². The Bertz CT molecular complexity index is 303. The quantitative estimate of drug-likeness (QED) is 0.819. The van der Waals surface area contributed by atoms with Gasteiger partial charge in [-0.1, -0.05) is 27.2 Å². The van der Waals surface area contributed by atoms with Crippen LogP contribution in [-0.2, 0) is 4.79 Å². The number of amides is 1. The fraction of sp³-hybridized carbons (Fsp3) is 0.929. The molecule has 1 saturated heterocycles. The van der Waals surface area contributed by atoms with E-state index in [1.165, 1.54) is 0 Å². The second-order valence-corrected chi connectivity index (χ2v) is 6.24. The predicted octanol–water partition coefficient (Wildman–Crippen LogP) is 2.04. The first-order valence-corrected chi connectivity index (χ1v) is 6.93. The molecule has 3 nitrogen and oxygen atoms in total. The van der Waals surface area contributed by atoms with Gasteiger partial charge in [0.05, 0.1) is 6.61 Å². The lowest BCUT2D eigenvalue weighted by Gasteiger charge is -2.32. The molecule has 3 heteroatoms. The molecule has 0 aromatic heterocycles. The Balaban J connectivity index is 2.11. The molecular formula is C14H25NO2. The summed E-state index contributed by atoms with van der Waals surface area (Å²) in [5.74, 6) is 0.792. The summed E-state index contributed by atoms with van der Waals surface area (Å²) in [5.41, 5.74) is 0.0341. The van der Waals surface area contributed by atoms with Gasteiger partial charge in [-0.15, -0.1) is 0 Å². The summed E-state index contributed by atoms with van der Waals surface area (Å²) in [6.45, 7) is 7.33. The number of aliphatic hydroxyl groups excluding tert-OH is 1. The van der Waals surface area contributed by atoms with Crippen LogP contribution in [0.15, 0.2) is 0 Å². The van der Waals surface area contributed by atoms with Crippen molar-refractivity contribution in [2.24, 2.45) is 17.3 Å². The number of hydrogen-bond acceptors (Lipinski definition) is 2. The van der Waals surface area contributed by atoms with E-state index in [4.69, 9.17) is 0 Å². The molecule has 3 atom stereocenters. The first-order valence-electron chi connectivity index (χ1n) is 6.93. The molecule has 1 N–H and O–H groups in total. The van der Waals surface area contributed by atoms with Gasteiger partial charge in [-0.25, -0.2) is 0 Å². The number of nitrogens with zero attached hydrogens (tertiary/aromatic N) is 1. The first-order chi connectivity index (χ1) is 8.02. The summed E-state index contributed by atoms with van der Waals surface area (Å²) < 4.78 is 0. The fourth-order valence-corrected chi connectivity index (χ4v) is 3.47. The number of hydrogen-bond donors (Lipinski definition) is 1. The largest absolute Gasteiger partial charge is 0.396 e. The van der Waals surface area contributed by atoms with E-state index in [1.54, 1.807) is 0 Å². The van der Waals surface area contributed by atoms with E-state index in [9.17, 15) is 9.90 Å². The van der Waals surface area contributed by atoms with Crippen LogP contribution in [0.2, 0.25) is 0 Å². The van der Waals surface area contributed by atoms with E-state index < -0.39 is 0 Å². The molecule has 17 heavy (non-hydrogen) atoms. The van der Waals surface area contributed by atoms with E-state index in [1.807, 2.05) is 6.92 Å². The highest BCUT2D eigenvalue weighted by Crippen LogP contribution is 2.48. The molecule has 1 unspecified atom stereocenters. The van der Waals surface area contributed by atoms with Crippen molar-refractivity contribution in [2.45, 2.75) is 52.5 Å². The average Bonchev–Trinajstić information content (AvgIpc) is 2.85. The molecule has 2 aliphatic rings. The minimum Gasteiger partial charge on any atom is -0.396 e. The van der Waals surface area contributed by atoms with E-state index in [2.05, 4.69) is 18.7 Å². The zero-order valence-corrected chi connectivity index (χ0v) is 11.3. The van der Waals surface area contributed by atoms with Crippen LogP contribution in [0, 0.1) is 17.3 Å². The summed E-state index contributed by atoms with van der Waals surface area (Å²) >= 11 is 0. The van der Waals surface area contributed by atoms with Crippen molar-refractivity contribution in [3.8, 4) is 0 Å². The highest BCUT2D eigenvalue weighted by molar-refractivity contribution is 5.79. The van der Waals surface area contributed by atoms with Crippen molar-refractivity contribution in [1.29, 1.82) is 0 Å². The van der Waals surface area contributed by atoms with Gasteiger partial charge in [0.1, 0.15) is 0 Å². The van der Waals surface area contributed by atoms with Crippen LogP contribution < -0.4 is 0 Å². The van der Waals surface area contributed by atoms with Gasteiger partial charge in [-0.05, 0) is 25.2 Å². The minimum absolute atomic E-state index is 0.0341. The Labute approximate surface area is 104 Å². The summed E-state index contributed by atoms with van der Waals surface area (Å²) in [6.07, 6.45) is 4.32. The monoisotopic (exact) mass is 239 g/mol. The van der Waals surface area contributed by atoms with E-state index >= 15 is 0 Å². The molecule has 0 aromatic carbocycles. The second kappa shape index (κ2) is 4.60. The summed E-state index contributed by atoms with van der Waals surface area (Å²) in [5, 5.41) is 9.64. The molecule has 0 aromatic rings. The van der Waals surface area contributed by atoms with E-state index in [0.717, 1.165) is 32.2 Å². The average molecular weight is 239 g/mol. The molecule has 2 rings (SSSR count). The number of likely N-dealkylation sites (tertiary alicyclic amines) is 1. The summed E-state index contributed by atoms with van der Waals surface area (Å²) in [4.78, 5) is 14.5. The third-order valence-corrected chi connectivity index (χ3v) is 5.07. The lowest BCUT2D eigenvalue weighted by molar-refractivity contribution is -0.138. The zero-order valence-electron chi connectivity index (χ0n) is 11.3. The number of aliphatic hydroxyl groups is 1. The molecule has 2 fully saturated rings. The van der Waals surface area contributed by atoms with E-state index in [-0.39, 0.29) is 17.9 Å². The predicted molar refractivity (Wildman–Crippen MR) is 67.5 cm³/mol. The Morgan fingerprint density at radius 2 is 2.12 bits per heavy atom. The van der Waals surface area contributed by atoms with Gasteiger partial charge >= 0.3 is 0 Å². The Morgan fingerprint density at radius 3 is 2.71 bits per heavy atom. The van der Waals surface area contributed by atoms with Crippen LogP contribution in [0.4, 0.5) is 0 Å². The van der Waals surface area contributed by atoms with Gasteiger partial charge < -0.3 is 10.0 Å². The first kappa shape index (κ1) is 12.9. The zero-order chi connectivity index (χ0) is 12.6. The highest BCUT2D eigenvalue weighted by Gasteiger charge is 2.51. The van der Waals surface area contributed by atoms with Gasteiger partial charge in [0, 0.05) is 23.9 Å². The molecule has 0 radical (unpaired) electrons. The topological polar surface area (TPSA) is 40.5 Å². The van der Waals surface area contributed by atoms with Gasteiger partial charge in [0.2, 0.25) is 5.91 Å². The number of rotatable bonds is 3. The molecular weight excluding hydrogens is 214 g/mol. The molecule has 98 valence electrons. The second-order valence-electron chi connectivity index (χ2n) is 6.24. The van der Waals surface area contributed by atoms with Crippen molar-refractivity contribution in [3.05, 3.63) is 0 Å². The van der Waals surface area contributed by atoms with Crippen molar-refractivity contribution in [1.82, 2.24) is 4.90 Å². The van der Waals surface area contributed by atoms with E-state index in [0.29, 0.717) is 17.9 Å². The number of carbonyl (C=O) groups is 1. The molecule has 0 spiro atoms. The summed E-state index contributed by atoms with van der Waals surface area (Å²) in [6, 6.07) is 0.307. The minimum atomic E-state index is 0.0341. The standard InChI is InChI=1S/C14H25NO2/c1-10(2)11(3)13(17)15-8-7-14(9-16)6-4-5-12(14)15/h10-12,16H,4-9H2,1-3H3/t11?,12-,14-/m1/s1. The number of fused-ring (bicyclic) bond motifs is 1.